The first kappa shape index (κ1) is 10.9. The molecule has 88 valence electrons. The van der Waals surface area contributed by atoms with Crippen molar-refractivity contribution < 1.29 is 19.4 Å². The molecule has 2 heterocycles. The molecule has 6 heteroatoms. The van der Waals surface area contributed by atoms with Crippen LogP contribution >= 0.6 is 0 Å². The third kappa shape index (κ3) is 2.16. The Morgan fingerprint density at radius 1 is 1.69 bits per heavy atom. The average molecular weight is 226 g/mol. The number of oxazole rings is 1. The molecule has 0 aliphatic carbocycles. The van der Waals surface area contributed by atoms with Crippen LogP contribution in [0.25, 0.3) is 0 Å². The number of rotatable bonds is 4. The number of aliphatic hydroxyl groups is 1. The molecule has 1 atom stereocenters. The Morgan fingerprint density at radius 3 is 3.12 bits per heavy atom. The minimum atomic E-state index is -1.08. The average Bonchev–Trinajstić information content (AvgIpc) is 2.84. The lowest BCUT2D eigenvalue weighted by molar-refractivity contribution is 0.0690. The van der Waals surface area contributed by atoms with Crippen molar-refractivity contribution in [3.05, 3.63) is 12.0 Å². The van der Waals surface area contributed by atoms with Gasteiger partial charge in [-0.1, -0.05) is 0 Å². The molecular formula is C10H14N2O4. The highest BCUT2D eigenvalue weighted by Gasteiger charge is 2.25. The summed E-state index contributed by atoms with van der Waals surface area (Å²) in [5.74, 6) is -0.647. The van der Waals surface area contributed by atoms with Crippen molar-refractivity contribution in [2.75, 3.05) is 24.6 Å². The van der Waals surface area contributed by atoms with Crippen LogP contribution < -0.4 is 4.90 Å². The van der Waals surface area contributed by atoms with Crippen LogP contribution in [0.1, 0.15) is 23.3 Å². The van der Waals surface area contributed by atoms with Crippen LogP contribution in [0.4, 0.5) is 6.01 Å². The van der Waals surface area contributed by atoms with Crippen molar-refractivity contribution in [1.29, 1.82) is 0 Å². The summed E-state index contributed by atoms with van der Waals surface area (Å²) in [7, 11) is 0. The normalized spacial score (nSPS) is 20.3. The van der Waals surface area contributed by atoms with Gasteiger partial charge >= 0.3 is 5.97 Å². The van der Waals surface area contributed by atoms with Gasteiger partial charge in [-0.05, 0) is 18.8 Å². The molecule has 0 spiro atoms. The van der Waals surface area contributed by atoms with Gasteiger partial charge in [-0.3, -0.25) is 0 Å². The first-order chi connectivity index (χ1) is 7.70. The lowest BCUT2D eigenvalue weighted by Gasteiger charge is -2.12. The predicted molar refractivity (Wildman–Crippen MR) is 55.5 cm³/mol. The van der Waals surface area contributed by atoms with Crippen LogP contribution in [0.2, 0.25) is 0 Å². The fraction of sp³-hybridized carbons (Fsp3) is 0.600. The van der Waals surface area contributed by atoms with Crippen LogP contribution in [0.3, 0.4) is 0 Å². The van der Waals surface area contributed by atoms with E-state index in [4.69, 9.17) is 14.6 Å². The number of carboxylic acids is 1. The molecule has 6 nitrogen and oxygen atoms in total. The second-order valence-corrected chi connectivity index (χ2v) is 3.93. The third-order valence-electron chi connectivity index (χ3n) is 2.80. The number of anilines is 1. The van der Waals surface area contributed by atoms with Crippen LogP contribution in [0, 0.1) is 5.92 Å². The van der Waals surface area contributed by atoms with Crippen LogP contribution in [-0.4, -0.2) is 40.9 Å². The molecular weight excluding hydrogens is 212 g/mol. The van der Waals surface area contributed by atoms with Crippen molar-refractivity contribution in [2.24, 2.45) is 5.92 Å². The maximum atomic E-state index is 10.6. The largest absolute Gasteiger partial charge is 0.476 e. The van der Waals surface area contributed by atoms with E-state index >= 15 is 0 Å². The van der Waals surface area contributed by atoms with E-state index < -0.39 is 5.97 Å². The van der Waals surface area contributed by atoms with Crippen molar-refractivity contribution in [2.45, 2.75) is 12.8 Å². The maximum absolute atomic E-state index is 10.6. The predicted octanol–water partition coefficient (Wildman–Crippen LogP) is 0.582. The lowest BCUT2D eigenvalue weighted by Crippen LogP contribution is -2.20. The fourth-order valence-electron chi connectivity index (χ4n) is 1.93. The summed E-state index contributed by atoms with van der Waals surface area (Å²) >= 11 is 0. The smallest absolute Gasteiger partial charge is 0.357 e. The van der Waals surface area contributed by atoms with Gasteiger partial charge in [-0.25, -0.2) is 4.79 Å². The zero-order valence-electron chi connectivity index (χ0n) is 8.80. The molecule has 1 aromatic rings. The number of aromatic nitrogens is 1. The standard InChI is InChI=1S/C10H14N2O4/c13-4-2-7-1-3-12(5-7)10-11-8(6-16-10)9(14)15/h6-7,13H,1-5H2,(H,14,15)/t7-/m0/s1. The molecule has 1 aliphatic heterocycles. The fourth-order valence-corrected chi connectivity index (χ4v) is 1.93. The minimum Gasteiger partial charge on any atom is -0.476 e. The number of hydrogen-bond donors (Lipinski definition) is 2. The molecule has 1 saturated heterocycles. The highest BCUT2D eigenvalue weighted by molar-refractivity contribution is 5.85. The summed E-state index contributed by atoms with van der Waals surface area (Å²) in [6, 6.07) is 0.359. The van der Waals surface area contributed by atoms with E-state index in [1.165, 1.54) is 0 Å². The quantitative estimate of drug-likeness (QED) is 0.781. The molecule has 1 fully saturated rings. The third-order valence-corrected chi connectivity index (χ3v) is 2.80. The molecule has 2 N–H and O–H groups in total. The van der Waals surface area contributed by atoms with Crippen LogP contribution in [0.15, 0.2) is 10.7 Å². The minimum absolute atomic E-state index is 0.0689. The van der Waals surface area contributed by atoms with E-state index in [-0.39, 0.29) is 12.3 Å². The van der Waals surface area contributed by atoms with E-state index in [1.807, 2.05) is 4.90 Å². The van der Waals surface area contributed by atoms with Gasteiger partial charge in [0.25, 0.3) is 6.01 Å². The molecule has 0 saturated carbocycles. The number of nitrogens with zero attached hydrogens (tertiary/aromatic N) is 2. The Labute approximate surface area is 92.5 Å². The Hall–Kier alpha value is -1.56. The SMILES string of the molecule is O=C(O)c1coc(N2CC[C@@H](CCO)C2)n1. The molecule has 1 aromatic heterocycles. The van der Waals surface area contributed by atoms with Gasteiger partial charge in [0.15, 0.2) is 5.69 Å². The number of carboxylic acid groups (broad SMARTS) is 1. The highest BCUT2D eigenvalue weighted by atomic mass is 16.4. The highest BCUT2D eigenvalue weighted by Crippen LogP contribution is 2.24. The zero-order chi connectivity index (χ0) is 11.5. The molecule has 2 rings (SSSR count). The maximum Gasteiger partial charge on any atom is 0.357 e. The van der Waals surface area contributed by atoms with Crippen molar-refractivity contribution in [3.63, 3.8) is 0 Å². The van der Waals surface area contributed by atoms with Gasteiger partial charge in [0, 0.05) is 19.7 Å². The molecule has 16 heavy (non-hydrogen) atoms. The zero-order valence-corrected chi connectivity index (χ0v) is 8.80. The van der Waals surface area contributed by atoms with Gasteiger partial charge in [-0.15, -0.1) is 0 Å². The van der Waals surface area contributed by atoms with E-state index in [0.29, 0.717) is 11.9 Å². The van der Waals surface area contributed by atoms with Gasteiger partial charge < -0.3 is 19.5 Å². The Morgan fingerprint density at radius 2 is 2.50 bits per heavy atom. The molecule has 0 radical (unpaired) electrons. The summed E-state index contributed by atoms with van der Waals surface area (Å²) in [6.45, 7) is 1.74. The summed E-state index contributed by atoms with van der Waals surface area (Å²) in [5, 5.41) is 17.5. The lowest BCUT2D eigenvalue weighted by atomic mass is 10.1. The first-order valence-electron chi connectivity index (χ1n) is 5.25. The second-order valence-electron chi connectivity index (χ2n) is 3.93. The molecule has 1 aliphatic rings. The molecule has 0 bridgehead atoms. The number of carbonyl (C=O) groups is 1. The second kappa shape index (κ2) is 4.52. The van der Waals surface area contributed by atoms with Crippen molar-refractivity contribution in [3.8, 4) is 0 Å². The number of aliphatic hydroxyl groups excluding tert-OH is 1. The van der Waals surface area contributed by atoms with Crippen LogP contribution in [0.5, 0.6) is 0 Å². The number of hydrogen-bond acceptors (Lipinski definition) is 5. The summed E-state index contributed by atoms with van der Waals surface area (Å²) in [5.41, 5.74) is -0.0689. The van der Waals surface area contributed by atoms with Crippen LogP contribution in [-0.2, 0) is 0 Å². The van der Waals surface area contributed by atoms with Crippen molar-refractivity contribution in [1.82, 2.24) is 4.98 Å². The first-order valence-corrected chi connectivity index (χ1v) is 5.25. The van der Waals surface area contributed by atoms with Crippen molar-refractivity contribution >= 4 is 12.0 Å². The molecule has 0 unspecified atom stereocenters. The summed E-state index contributed by atoms with van der Waals surface area (Å²) < 4.78 is 5.11. The van der Waals surface area contributed by atoms with Gasteiger partial charge in [0.1, 0.15) is 6.26 Å². The van der Waals surface area contributed by atoms with E-state index in [0.717, 1.165) is 32.2 Å². The summed E-state index contributed by atoms with van der Waals surface area (Å²) in [4.78, 5) is 16.4. The number of aromatic carboxylic acids is 1. The Kier molecular flexibility index (Phi) is 3.09. The van der Waals surface area contributed by atoms with E-state index in [2.05, 4.69) is 4.98 Å². The van der Waals surface area contributed by atoms with Gasteiger partial charge in [-0.2, -0.15) is 4.98 Å². The van der Waals surface area contributed by atoms with E-state index in [9.17, 15) is 4.79 Å². The van der Waals surface area contributed by atoms with E-state index in [1.54, 1.807) is 0 Å². The molecule has 0 amide bonds. The Balaban J connectivity index is 2.00. The Bertz CT molecular complexity index is 377. The molecule has 0 aromatic carbocycles. The summed E-state index contributed by atoms with van der Waals surface area (Å²) in [6.07, 6.45) is 2.89. The monoisotopic (exact) mass is 226 g/mol. The van der Waals surface area contributed by atoms with Gasteiger partial charge in [0.2, 0.25) is 0 Å². The topological polar surface area (TPSA) is 86.8 Å². The van der Waals surface area contributed by atoms with Gasteiger partial charge in [0.05, 0.1) is 0 Å².